The largest absolute Gasteiger partial charge is 0.373 e. The third kappa shape index (κ3) is 6.43. The van der Waals surface area contributed by atoms with E-state index in [1.807, 2.05) is 36.4 Å². The zero-order chi connectivity index (χ0) is 24.3. The maximum Gasteiger partial charge on any atom is 0.240 e. The van der Waals surface area contributed by atoms with Gasteiger partial charge >= 0.3 is 0 Å². The van der Waals surface area contributed by atoms with Crippen LogP contribution in [-0.2, 0) is 44.8 Å². The van der Waals surface area contributed by atoms with Gasteiger partial charge in [-0.15, -0.1) is 0 Å². The highest BCUT2D eigenvalue weighted by molar-refractivity contribution is 7.89. The summed E-state index contributed by atoms with van der Waals surface area (Å²) in [6.45, 7) is 7.34. The van der Waals surface area contributed by atoms with Crippen LogP contribution in [0.4, 0.5) is 0 Å². The second-order valence-corrected chi connectivity index (χ2v) is 11.4. The molecule has 0 radical (unpaired) electrons. The fourth-order valence-electron chi connectivity index (χ4n) is 4.48. The zero-order valence-electron chi connectivity index (χ0n) is 19.9. The van der Waals surface area contributed by atoms with Crippen LogP contribution in [0.3, 0.4) is 0 Å². The number of amides is 1. The molecule has 2 aromatic carbocycles. The summed E-state index contributed by atoms with van der Waals surface area (Å²) < 4.78 is 31.2. The number of rotatable bonds is 8. The number of morpholine rings is 1. The monoisotopic (exact) mass is 484 g/mol. The maximum atomic E-state index is 12.7. The molecule has 1 fully saturated rings. The van der Waals surface area contributed by atoms with E-state index in [4.69, 9.17) is 4.74 Å². The number of carbonyl (C=O) groups is 1. The molecule has 1 aliphatic heterocycles. The molecule has 3 aromatic rings. The van der Waals surface area contributed by atoms with E-state index in [1.165, 1.54) is 11.8 Å². The predicted octanol–water partition coefficient (Wildman–Crippen LogP) is 2.51. The second-order valence-electron chi connectivity index (χ2n) is 9.22. The van der Waals surface area contributed by atoms with Gasteiger partial charge in [0.25, 0.3) is 0 Å². The van der Waals surface area contributed by atoms with Crippen molar-refractivity contribution in [1.82, 2.24) is 19.8 Å². The molecule has 0 saturated carbocycles. The van der Waals surface area contributed by atoms with Crippen LogP contribution in [0.1, 0.15) is 30.8 Å². The van der Waals surface area contributed by atoms with Crippen LogP contribution in [0.25, 0.3) is 11.0 Å². The number of para-hydroxylation sites is 2. The first-order valence-electron chi connectivity index (χ1n) is 11.5. The minimum Gasteiger partial charge on any atom is -0.373 e. The average Bonchev–Trinajstić information content (AvgIpc) is 3.08. The number of imidazole rings is 1. The van der Waals surface area contributed by atoms with Gasteiger partial charge in [-0.25, -0.2) is 13.4 Å². The van der Waals surface area contributed by atoms with Crippen LogP contribution in [0.15, 0.2) is 48.5 Å². The van der Waals surface area contributed by atoms with Crippen molar-refractivity contribution in [2.24, 2.45) is 0 Å². The molecular weight excluding hydrogens is 452 g/mol. The number of nitrogens with one attached hydrogen (secondary N) is 1. The maximum absolute atomic E-state index is 12.7. The van der Waals surface area contributed by atoms with Gasteiger partial charge < -0.3 is 14.6 Å². The molecule has 8 nitrogen and oxygen atoms in total. The van der Waals surface area contributed by atoms with Crippen molar-refractivity contribution in [3.05, 3.63) is 65.5 Å². The number of hydrogen-bond acceptors (Lipinski definition) is 6. The highest BCUT2D eigenvalue weighted by Gasteiger charge is 2.22. The number of benzene rings is 2. The lowest BCUT2D eigenvalue weighted by atomic mass is 10.1. The molecule has 1 N–H and O–H groups in total. The van der Waals surface area contributed by atoms with Gasteiger partial charge in [-0.05, 0) is 37.1 Å². The summed E-state index contributed by atoms with van der Waals surface area (Å²) in [5, 5.41) is 2.94. The number of sulfone groups is 1. The lowest BCUT2D eigenvalue weighted by molar-refractivity contribution is -0.121. The Morgan fingerprint density at radius 3 is 2.38 bits per heavy atom. The molecule has 0 aliphatic carbocycles. The summed E-state index contributed by atoms with van der Waals surface area (Å²) >= 11 is 0. The molecule has 1 aromatic heterocycles. The molecular formula is C25H32N4O4S. The standard InChI is InChI=1S/C25H32N4O4S/c1-18-13-28(14-19(2)33-18)15-21-10-8-20(9-11-21)12-26-25(30)16-29-23-7-5-4-6-22(23)27-24(29)17-34(3,31)32/h4-11,18-19H,12-17H2,1-3H3,(H,26,30). The lowest BCUT2D eigenvalue weighted by Crippen LogP contribution is -2.44. The van der Waals surface area contributed by atoms with Gasteiger partial charge in [-0.2, -0.15) is 0 Å². The molecule has 0 spiro atoms. The highest BCUT2D eigenvalue weighted by Crippen LogP contribution is 2.18. The van der Waals surface area contributed by atoms with Crippen molar-refractivity contribution < 1.29 is 17.9 Å². The SMILES string of the molecule is CC1CN(Cc2ccc(CNC(=O)Cn3c(CS(C)(=O)=O)nc4ccccc43)cc2)CC(C)O1. The van der Waals surface area contributed by atoms with Crippen molar-refractivity contribution in [3.8, 4) is 0 Å². The van der Waals surface area contributed by atoms with Crippen LogP contribution >= 0.6 is 0 Å². The van der Waals surface area contributed by atoms with E-state index < -0.39 is 9.84 Å². The average molecular weight is 485 g/mol. The molecule has 34 heavy (non-hydrogen) atoms. The van der Waals surface area contributed by atoms with Crippen molar-refractivity contribution in [2.45, 2.75) is 51.4 Å². The summed E-state index contributed by atoms with van der Waals surface area (Å²) in [5.74, 6) is -0.0369. The van der Waals surface area contributed by atoms with Crippen LogP contribution < -0.4 is 5.32 Å². The van der Waals surface area contributed by atoms with Gasteiger partial charge in [0.2, 0.25) is 5.91 Å². The summed E-state index contributed by atoms with van der Waals surface area (Å²) in [5.41, 5.74) is 3.65. The van der Waals surface area contributed by atoms with Crippen molar-refractivity contribution >= 4 is 26.8 Å². The van der Waals surface area contributed by atoms with E-state index in [0.717, 1.165) is 30.7 Å². The van der Waals surface area contributed by atoms with Crippen LogP contribution in [0.2, 0.25) is 0 Å². The Kier molecular flexibility index (Phi) is 7.35. The topological polar surface area (TPSA) is 93.5 Å². The number of fused-ring (bicyclic) bond motifs is 1. The zero-order valence-corrected chi connectivity index (χ0v) is 20.7. The first-order valence-corrected chi connectivity index (χ1v) is 13.6. The molecule has 1 aliphatic rings. The molecule has 2 unspecified atom stereocenters. The minimum atomic E-state index is -3.28. The molecule has 2 heterocycles. The Hall–Kier alpha value is -2.75. The van der Waals surface area contributed by atoms with Gasteiger partial charge in [0.15, 0.2) is 9.84 Å². The minimum absolute atomic E-state index is 0.0108. The summed E-state index contributed by atoms with van der Waals surface area (Å²) in [4.78, 5) is 19.5. The Morgan fingerprint density at radius 2 is 1.71 bits per heavy atom. The number of ether oxygens (including phenoxy) is 1. The Morgan fingerprint density at radius 1 is 1.06 bits per heavy atom. The van der Waals surface area contributed by atoms with E-state index >= 15 is 0 Å². The molecule has 0 bridgehead atoms. The number of carbonyl (C=O) groups excluding carboxylic acids is 1. The summed E-state index contributed by atoms with van der Waals surface area (Å²) in [6, 6.07) is 15.6. The molecule has 1 amide bonds. The number of aromatic nitrogens is 2. The number of nitrogens with zero attached hydrogens (tertiary/aromatic N) is 3. The normalized spacial score (nSPS) is 19.4. The van der Waals surface area contributed by atoms with Crippen LogP contribution in [-0.4, -0.2) is 60.3 Å². The van der Waals surface area contributed by atoms with Crippen LogP contribution in [0, 0.1) is 0 Å². The third-order valence-corrected chi connectivity index (χ3v) is 6.62. The Balaban J connectivity index is 1.36. The second kappa shape index (κ2) is 10.2. The predicted molar refractivity (Wildman–Crippen MR) is 132 cm³/mol. The van der Waals surface area contributed by atoms with Gasteiger partial charge in [0.1, 0.15) is 18.1 Å². The van der Waals surface area contributed by atoms with E-state index in [1.54, 1.807) is 4.57 Å². The van der Waals surface area contributed by atoms with Gasteiger partial charge in [0, 0.05) is 32.4 Å². The summed E-state index contributed by atoms with van der Waals surface area (Å²) in [7, 11) is -3.28. The third-order valence-electron chi connectivity index (χ3n) is 5.84. The lowest BCUT2D eigenvalue weighted by Gasteiger charge is -2.35. The fraction of sp³-hybridized carbons (Fsp3) is 0.440. The van der Waals surface area contributed by atoms with Crippen molar-refractivity contribution in [1.29, 1.82) is 0 Å². The van der Waals surface area contributed by atoms with Crippen molar-refractivity contribution in [2.75, 3.05) is 19.3 Å². The molecule has 2 atom stereocenters. The van der Waals surface area contributed by atoms with Crippen molar-refractivity contribution in [3.63, 3.8) is 0 Å². The van der Waals surface area contributed by atoms with Crippen LogP contribution in [0.5, 0.6) is 0 Å². The van der Waals surface area contributed by atoms with E-state index in [9.17, 15) is 13.2 Å². The smallest absolute Gasteiger partial charge is 0.240 e. The first kappa shape index (κ1) is 24.4. The van der Waals surface area contributed by atoms with Gasteiger partial charge in [-0.1, -0.05) is 36.4 Å². The molecule has 182 valence electrons. The van der Waals surface area contributed by atoms with E-state index in [0.29, 0.717) is 17.9 Å². The van der Waals surface area contributed by atoms with Gasteiger partial charge in [-0.3, -0.25) is 9.69 Å². The highest BCUT2D eigenvalue weighted by atomic mass is 32.2. The molecule has 4 rings (SSSR count). The first-order chi connectivity index (χ1) is 16.2. The summed E-state index contributed by atoms with van der Waals surface area (Å²) in [6.07, 6.45) is 1.65. The quantitative estimate of drug-likeness (QED) is 0.528. The molecule has 9 heteroatoms. The fourth-order valence-corrected chi connectivity index (χ4v) is 5.17. The van der Waals surface area contributed by atoms with E-state index in [2.05, 4.69) is 41.2 Å². The van der Waals surface area contributed by atoms with E-state index in [-0.39, 0.29) is 30.4 Å². The Labute approximate surface area is 200 Å². The Bertz CT molecular complexity index is 1240. The number of hydrogen-bond donors (Lipinski definition) is 1. The molecule has 1 saturated heterocycles. The van der Waals surface area contributed by atoms with Gasteiger partial charge in [0.05, 0.1) is 23.2 Å².